The standard InChI is InChI=1S/C27H28F3N7O/c1-17-21(20-4-3-5-23-25(20)32-9-8-31-23)15-24(33-17)35-26(38)34-19-7-6-18(22(14-19)27(28,29)30)16-37-12-10-36(2)11-13-37/h3-9,14-15,17H,10-13,16H2,1-2H3,(H2,33,34,35,38). The first-order valence-corrected chi connectivity index (χ1v) is 12.4. The number of hydrogen-bond acceptors (Lipinski definition) is 6. The second kappa shape index (κ2) is 10.5. The highest BCUT2D eigenvalue weighted by atomic mass is 19.4. The lowest BCUT2D eigenvalue weighted by Crippen LogP contribution is -2.44. The number of hydrogen-bond donors (Lipinski definition) is 2. The summed E-state index contributed by atoms with van der Waals surface area (Å²) in [7, 11) is 2.00. The van der Waals surface area contributed by atoms with Gasteiger partial charge in [0.05, 0.1) is 22.6 Å². The highest BCUT2D eigenvalue weighted by Crippen LogP contribution is 2.35. The number of benzene rings is 2. The Morgan fingerprint density at radius 3 is 2.58 bits per heavy atom. The van der Waals surface area contributed by atoms with Crippen LogP contribution in [0.5, 0.6) is 0 Å². The summed E-state index contributed by atoms with van der Waals surface area (Å²) in [4.78, 5) is 30.1. The SMILES string of the molecule is CC1N=C(NC(=O)Nc2ccc(CN3CCN(C)CC3)c(C(F)(F)F)c2)C=C1c1cccc2nccnc12. The molecule has 1 saturated heterocycles. The monoisotopic (exact) mass is 523 g/mol. The van der Waals surface area contributed by atoms with Gasteiger partial charge in [-0.15, -0.1) is 0 Å². The number of amidine groups is 1. The largest absolute Gasteiger partial charge is 0.416 e. The van der Waals surface area contributed by atoms with Crippen molar-refractivity contribution < 1.29 is 18.0 Å². The molecular weight excluding hydrogens is 495 g/mol. The fraction of sp³-hybridized carbons (Fsp3) is 0.333. The molecule has 2 N–H and O–H groups in total. The first kappa shape index (κ1) is 25.8. The van der Waals surface area contributed by atoms with Crippen LogP contribution in [0.15, 0.2) is 59.9 Å². The van der Waals surface area contributed by atoms with Gasteiger partial charge >= 0.3 is 12.2 Å². The number of nitrogens with zero attached hydrogens (tertiary/aromatic N) is 5. The Labute approximate surface area is 218 Å². The Kier molecular flexibility index (Phi) is 7.13. The third-order valence-electron chi connectivity index (χ3n) is 6.79. The third-order valence-corrected chi connectivity index (χ3v) is 6.79. The molecule has 2 aliphatic heterocycles. The first-order chi connectivity index (χ1) is 18.2. The van der Waals surface area contributed by atoms with Gasteiger partial charge in [0.15, 0.2) is 0 Å². The lowest BCUT2D eigenvalue weighted by molar-refractivity contribution is -0.138. The van der Waals surface area contributed by atoms with Gasteiger partial charge in [-0.1, -0.05) is 18.2 Å². The number of amides is 2. The van der Waals surface area contributed by atoms with E-state index in [9.17, 15) is 18.0 Å². The van der Waals surface area contributed by atoms with Crippen LogP contribution in [0.1, 0.15) is 23.6 Å². The van der Waals surface area contributed by atoms with Crippen molar-refractivity contribution in [1.82, 2.24) is 25.1 Å². The maximum atomic E-state index is 13.9. The molecule has 2 aromatic carbocycles. The average molecular weight is 524 g/mol. The van der Waals surface area contributed by atoms with Crippen molar-refractivity contribution in [3.05, 3.63) is 71.6 Å². The number of aliphatic imine (C=N–C) groups is 1. The van der Waals surface area contributed by atoms with E-state index >= 15 is 0 Å². The second-order valence-corrected chi connectivity index (χ2v) is 9.55. The Balaban J connectivity index is 1.29. The number of alkyl halides is 3. The molecule has 11 heteroatoms. The predicted octanol–water partition coefficient (Wildman–Crippen LogP) is 4.40. The molecule has 2 amide bonds. The van der Waals surface area contributed by atoms with Gasteiger partial charge in [-0.3, -0.25) is 25.2 Å². The van der Waals surface area contributed by atoms with Gasteiger partial charge in [0.1, 0.15) is 5.84 Å². The zero-order valence-electron chi connectivity index (χ0n) is 21.1. The predicted molar refractivity (Wildman–Crippen MR) is 141 cm³/mol. The fourth-order valence-corrected chi connectivity index (χ4v) is 4.76. The normalized spacial score (nSPS) is 18.8. The summed E-state index contributed by atoms with van der Waals surface area (Å²) < 4.78 is 41.6. The van der Waals surface area contributed by atoms with Crippen molar-refractivity contribution >= 4 is 34.2 Å². The zero-order valence-corrected chi connectivity index (χ0v) is 21.1. The molecule has 1 atom stereocenters. The molecule has 198 valence electrons. The molecule has 0 aliphatic carbocycles. The number of carbonyl (C=O) groups is 1. The van der Waals surface area contributed by atoms with E-state index in [1.54, 1.807) is 18.5 Å². The van der Waals surface area contributed by atoms with Gasteiger partial charge in [-0.25, -0.2) is 4.79 Å². The minimum absolute atomic E-state index is 0.0529. The summed E-state index contributed by atoms with van der Waals surface area (Å²) in [6.07, 6.45) is 0.439. The van der Waals surface area contributed by atoms with Gasteiger partial charge in [0.25, 0.3) is 0 Å². The van der Waals surface area contributed by atoms with E-state index in [0.29, 0.717) is 18.9 Å². The van der Waals surface area contributed by atoms with Gasteiger partial charge in [-0.2, -0.15) is 13.2 Å². The molecule has 0 spiro atoms. The second-order valence-electron chi connectivity index (χ2n) is 9.55. The van der Waals surface area contributed by atoms with E-state index in [4.69, 9.17) is 0 Å². The molecule has 3 heterocycles. The number of rotatable bonds is 4. The lowest BCUT2D eigenvalue weighted by Gasteiger charge is -2.33. The molecule has 0 bridgehead atoms. The molecule has 3 aromatic rings. The van der Waals surface area contributed by atoms with Crippen LogP contribution in [0, 0.1) is 0 Å². The number of urea groups is 1. The van der Waals surface area contributed by atoms with Crippen molar-refractivity contribution in [3.63, 3.8) is 0 Å². The van der Waals surface area contributed by atoms with E-state index < -0.39 is 17.8 Å². The number of para-hydroxylation sites is 1. The summed E-state index contributed by atoms with van der Waals surface area (Å²) in [5, 5.41) is 5.16. The van der Waals surface area contributed by atoms with Crippen LogP contribution < -0.4 is 10.6 Å². The quantitative estimate of drug-likeness (QED) is 0.530. The van der Waals surface area contributed by atoms with Crippen molar-refractivity contribution in [2.45, 2.75) is 25.7 Å². The molecule has 1 aromatic heterocycles. The third kappa shape index (κ3) is 5.68. The Morgan fingerprint density at radius 1 is 1.05 bits per heavy atom. The maximum absolute atomic E-state index is 13.9. The number of carbonyl (C=O) groups excluding carboxylic acids is 1. The van der Waals surface area contributed by atoms with Crippen LogP contribution in [0.2, 0.25) is 0 Å². The Morgan fingerprint density at radius 2 is 1.82 bits per heavy atom. The molecule has 1 unspecified atom stereocenters. The number of fused-ring (bicyclic) bond motifs is 1. The van der Waals surface area contributed by atoms with E-state index in [2.05, 4.69) is 30.5 Å². The minimum Gasteiger partial charge on any atom is -0.308 e. The molecular formula is C27H28F3N7O. The summed E-state index contributed by atoms with van der Waals surface area (Å²) in [6, 6.07) is 8.66. The van der Waals surface area contributed by atoms with Gasteiger partial charge < -0.3 is 10.2 Å². The summed E-state index contributed by atoms with van der Waals surface area (Å²) >= 11 is 0. The van der Waals surface area contributed by atoms with E-state index in [1.165, 1.54) is 12.1 Å². The number of likely N-dealkylation sites (N-methyl/N-ethyl adjacent to an activating group) is 1. The van der Waals surface area contributed by atoms with Gasteiger partial charge in [-0.05, 0) is 49.4 Å². The summed E-state index contributed by atoms with van der Waals surface area (Å²) in [5.41, 5.74) is 2.68. The Hall–Kier alpha value is -3.83. The van der Waals surface area contributed by atoms with Crippen molar-refractivity contribution in [2.75, 3.05) is 38.5 Å². The molecule has 38 heavy (non-hydrogen) atoms. The van der Waals surface area contributed by atoms with Crippen molar-refractivity contribution in [1.29, 1.82) is 0 Å². The smallest absolute Gasteiger partial charge is 0.308 e. The van der Waals surface area contributed by atoms with Crippen LogP contribution >= 0.6 is 0 Å². The summed E-state index contributed by atoms with van der Waals surface area (Å²) in [5.74, 6) is 0.314. The Bertz CT molecular complexity index is 1410. The van der Waals surface area contributed by atoms with E-state index in [0.717, 1.165) is 41.3 Å². The number of nitrogens with one attached hydrogen (secondary N) is 2. The maximum Gasteiger partial charge on any atom is 0.416 e. The highest BCUT2D eigenvalue weighted by molar-refractivity contribution is 6.13. The number of anilines is 1. The van der Waals surface area contributed by atoms with Crippen LogP contribution in [-0.2, 0) is 12.7 Å². The van der Waals surface area contributed by atoms with E-state index in [-0.39, 0.29) is 23.8 Å². The number of halogens is 3. The number of piperazine rings is 1. The molecule has 1 fully saturated rings. The molecule has 0 radical (unpaired) electrons. The lowest BCUT2D eigenvalue weighted by atomic mass is 9.99. The molecule has 0 saturated carbocycles. The van der Waals surface area contributed by atoms with E-state index in [1.807, 2.05) is 37.1 Å². The molecule has 5 rings (SSSR count). The van der Waals surface area contributed by atoms with Gasteiger partial charge in [0.2, 0.25) is 0 Å². The van der Waals surface area contributed by atoms with Crippen molar-refractivity contribution in [3.8, 4) is 0 Å². The average Bonchev–Trinajstić information content (AvgIpc) is 3.24. The zero-order chi connectivity index (χ0) is 26.9. The van der Waals surface area contributed by atoms with Crippen LogP contribution in [0.4, 0.5) is 23.7 Å². The van der Waals surface area contributed by atoms with Crippen LogP contribution in [-0.4, -0.2) is 70.9 Å². The first-order valence-electron chi connectivity index (χ1n) is 12.4. The topological polar surface area (TPSA) is 85.8 Å². The fourth-order valence-electron chi connectivity index (χ4n) is 4.76. The number of aromatic nitrogens is 2. The minimum atomic E-state index is -4.54. The van der Waals surface area contributed by atoms with Crippen LogP contribution in [0.3, 0.4) is 0 Å². The molecule has 8 nitrogen and oxygen atoms in total. The van der Waals surface area contributed by atoms with Gasteiger partial charge in [0, 0.05) is 56.4 Å². The summed E-state index contributed by atoms with van der Waals surface area (Å²) in [6.45, 7) is 5.13. The molecule has 2 aliphatic rings. The van der Waals surface area contributed by atoms with Crippen LogP contribution in [0.25, 0.3) is 16.6 Å². The van der Waals surface area contributed by atoms with Crippen molar-refractivity contribution in [2.24, 2.45) is 4.99 Å². The highest BCUT2D eigenvalue weighted by Gasteiger charge is 2.34.